The van der Waals surface area contributed by atoms with Crippen molar-refractivity contribution in [2.24, 2.45) is 11.1 Å². The molecule has 1 aliphatic carbocycles. The predicted octanol–water partition coefficient (Wildman–Crippen LogP) is 2.67. The Labute approximate surface area is 95.0 Å². The van der Waals surface area contributed by atoms with E-state index in [0.717, 1.165) is 13.0 Å². The zero-order valence-electron chi connectivity index (χ0n) is 10.9. The molecule has 1 saturated carbocycles. The van der Waals surface area contributed by atoms with Crippen LogP contribution in [0.25, 0.3) is 0 Å². The Morgan fingerprint density at radius 1 is 1.33 bits per heavy atom. The fourth-order valence-electron chi connectivity index (χ4n) is 2.18. The van der Waals surface area contributed by atoms with Gasteiger partial charge < -0.3 is 11.1 Å². The van der Waals surface area contributed by atoms with Crippen LogP contribution >= 0.6 is 0 Å². The molecule has 3 N–H and O–H groups in total. The molecule has 0 radical (unpaired) electrons. The molecule has 0 amide bonds. The van der Waals surface area contributed by atoms with Crippen molar-refractivity contribution in [2.45, 2.75) is 71.4 Å². The van der Waals surface area contributed by atoms with Crippen LogP contribution in [0.3, 0.4) is 0 Å². The smallest absolute Gasteiger partial charge is 0.0178 e. The molecule has 2 nitrogen and oxygen atoms in total. The van der Waals surface area contributed by atoms with Crippen molar-refractivity contribution < 1.29 is 0 Å². The third kappa shape index (κ3) is 3.46. The van der Waals surface area contributed by atoms with Crippen molar-refractivity contribution in [3.8, 4) is 0 Å². The molecule has 1 atom stereocenters. The van der Waals surface area contributed by atoms with Crippen LogP contribution in [0.15, 0.2) is 0 Å². The van der Waals surface area contributed by atoms with E-state index in [4.69, 9.17) is 5.73 Å². The molecule has 0 aromatic heterocycles. The van der Waals surface area contributed by atoms with E-state index in [1.54, 1.807) is 0 Å². The average molecular weight is 212 g/mol. The number of hydrogen-bond donors (Lipinski definition) is 2. The summed E-state index contributed by atoms with van der Waals surface area (Å²) in [6.45, 7) is 10.0. The van der Waals surface area contributed by atoms with Crippen molar-refractivity contribution in [1.29, 1.82) is 0 Å². The monoisotopic (exact) mass is 212 g/mol. The standard InChI is InChI=1S/C13H28N2/c1-5-13(8-6-9-13)15-10-7-11(14)12(2,3)4/h11,15H,5-10,14H2,1-4H3. The second-order valence-corrected chi connectivity index (χ2v) is 6.18. The third-order valence-electron chi connectivity index (χ3n) is 4.06. The maximum Gasteiger partial charge on any atom is 0.0178 e. The van der Waals surface area contributed by atoms with Gasteiger partial charge in [-0.05, 0) is 44.1 Å². The van der Waals surface area contributed by atoms with E-state index >= 15 is 0 Å². The van der Waals surface area contributed by atoms with Gasteiger partial charge in [-0.1, -0.05) is 27.7 Å². The minimum Gasteiger partial charge on any atom is -0.327 e. The Kier molecular flexibility index (Phi) is 4.19. The summed E-state index contributed by atoms with van der Waals surface area (Å²) in [7, 11) is 0. The first-order chi connectivity index (χ1) is 6.90. The second-order valence-electron chi connectivity index (χ2n) is 6.18. The first-order valence-electron chi connectivity index (χ1n) is 6.40. The van der Waals surface area contributed by atoms with E-state index in [1.165, 1.54) is 25.7 Å². The van der Waals surface area contributed by atoms with Crippen molar-refractivity contribution in [2.75, 3.05) is 6.54 Å². The SMILES string of the molecule is CCC1(NCCC(N)C(C)(C)C)CCC1. The van der Waals surface area contributed by atoms with Gasteiger partial charge in [0.15, 0.2) is 0 Å². The van der Waals surface area contributed by atoms with Gasteiger partial charge >= 0.3 is 0 Å². The Hall–Kier alpha value is -0.0800. The lowest BCUT2D eigenvalue weighted by Crippen LogP contribution is -2.51. The van der Waals surface area contributed by atoms with Crippen LogP contribution < -0.4 is 11.1 Å². The van der Waals surface area contributed by atoms with E-state index in [-0.39, 0.29) is 5.41 Å². The number of nitrogens with two attached hydrogens (primary N) is 1. The van der Waals surface area contributed by atoms with Gasteiger partial charge in [0.1, 0.15) is 0 Å². The fraction of sp³-hybridized carbons (Fsp3) is 1.00. The van der Waals surface area contributed by atoms with Crippen molar-refractivity contribution in [3.63, 3.8) is 0 Å². The highest BCUT2D eigenvalue weighted by Gasteiger charge is 2.34. The topological polar surface area (TPSA) is 38.0 Å². The van der Waals surface area contributed by atoms with Crippen LogP contribution in [0.4, 0.5) is 0 Å². The van der Waals surface area contributed by atoms with Crippen LogP contribution in [-0.2, 0) is 0 Å². The Balaban J connectivity index is 2.21. The van der Waals surface area contributed by atoms with Gasteiger partial charge in [-0.2, -0.15) is 0 Å². The highest BCUT2D eigenvalue weighted by atomic mass is 15.0. The Bertz CT molecular complexity index is 184. The summed E-state index contributed by atoms with van der Waals surface area (Å²) in [6, 6.07) is 0.305. The van der Waals surface area contributed by atoms with Gasteiger partial charge in [-0.25, -0.2) is 0 Å². The molecule has 90 valence electrons. The molecule has 1 unspecified atom stereocenters. The largest absolute Gasteiger partial charge is 0.327 e. The molecule has 0 bridgehead atoms. The number of nitrogens with one attached hydrogen (secondary N) is 1. The van der Waals surface area contributed by atoms with Gasteiger partial charge in [-0.15, -0.1) is 0 Å². The molecule has 1 fully saturated rings. The summed E-state index contributed by atoms with van der Waals surface area (Å²) < 4.78 is 0. The molecule has 2 heteroatoms. The van der Waals surface area contributed by atoms with Crippen LogP contribution in [0.5, 0.6) is 0 Å². The van der Waals surface area contributed by atoms with Crippen LogP contribution in [0.1, 0.15) is 59.8 Å². The van der Waals surface area contributed by atoms with Crippen LogP contribution in [0.2, 0.25) is 0 Å². The number of hydrogen-bond acceptors (Lipinski definition) is 2. The van der Waals surface area contributed by atoms with Crippen molar-refractivity contribution >= 4 is 0 Å². The summed E-state index contributed by atoms with van der Waals surface area (Å²) in [4.78, 5) is 0. The predicted molar refractivity (Wildman–Crippen MR) is 66.9 cm³/mol. The molecule has 0 aromatic carbocycles. The van der Waals surface area contributed by atoms with Gasteiger partial charge in [0.05, 0.1) is 0 Å². The van der Waals surface area contributed by atoms with Crippen molar-refractivity contribution in [3.05, 3.63) is 0 Å². The molecule has 0 spiro atoms. The zero-order chi connectivity index (χ0) is 11.5. The van der Waals surface area contributed by atoms with E-state index in [1.807, 2.05) is 0 Å². The second kappa shape index (κ2) is 4.84. The number of rotatable bonds is 5. The molecule has 0 aromatic rings. The summed E-state index contributed by atoms with van der Waals surface area (Å²) in [5.74, 6) is 0. The quantitative estimate of drug-likeness (QED) is 0.735. The summed E-state index contributed by atoms with van der Waals surface area (Å²) in [5.41, 5.74) is 6.85. The highest BCUT2D eigenvalue weighted by Crippen LogP contribution is 2.34. The average Bonchev–Trinajstić information content (AvgIpc) is 2.07. The maximum absolute atomic E-state index is 6.14. The van der Waals surface area contributed by atoms with Gasteiger partial charge in [-0.3, -0.25) is 0 Å². The first kappa shape index (κ1) is 13.0. The first-order valence-corrected chi connectivity index (χ1v) is 6.40. The maximum atomic E-state index is 6.14. The summed E-state index contributed by atoms with van der Waals surface area (Å²) in [5, 5.41) is 3.71. The van der Waals surface area contributed by atoms with Gasteiger partial charge in [0.2, 0.25) is 0 Å². The van der Waals surface area contributed by atoms with Crippen molar-refractivity contribution in [1.82, 2.24) is 5.32 Å². The van der Waals surface area contributed by atoms with Crippen LogP contribution in [0, 0.1) is 5.41 Å². The summed E-state index contributed by atoms with van der Waals surface area (Å²) in [6.07, 6.45) is 6.46. The van der Waals surface area contributed by atoms with Gasteiger partial charge in [0.25, 0.3) is 0 Å². The zero-order valence-corrected chi connectivity index (χ0v) is 10.9. The van der Waals surface area contributed by atoms with E-state index in [2.05, 4.69) is 33.0 Å². The van der Waals surface area contributed by atoms with E-state index in [9.17, 15) is 0 Å². The third-order valence-corrected chi connectivity index (χ3v) is 4.06. The minimum atomic E-state index is 0.237. The molecule has 15 heavy (non-hydrogen) atoms. The lowest BCUT2D eigenvalue weighted by molar-refractivity contribution is 0.171. The van der Waals surface area contributed by atoms with E-state index < -0.39 is 0 Å². The molecular formula is C13H28N2. The molecule has 0 heterocycles. The van der Waals surface area contributed by atoms with Gasteiger partial charge in [0, 0.05) is 11.6 Å². The Morgan fingerprint density at radius 3 is 2.27 bits per heavy atom. The summed E-state index contributed by atoms with van der Waals surface area (Å²) >= 11 is 0. The molecule has 1 rings (SSSR count). The minimum absolute atomic E-state index is 0.237. The highest BCUT2D eigenvalue weighted by molar-refractivity contribution is 4.94. The Morgan fingerprint density at radius 2 is 1.93 bits per heavy atom. The lowest BCUT2D eigenvalue weighted by Gasteiger charge is -2.43. The van der Waals surface area contributed by atoms with Crippen LogP contribution in [-0.4, -0.2) is 18.1 Å². The van der Waals surface area contributed by atoms with E-state index in [0.29, 0.717) is 11.6 Å². The lowest BCUT2D eigenvalue weighted by atomic mass is 9.74. The molecule has 0 saturated heterocycles. The normalized spacial score (nSPS) is 22.2. The molecular weight excluding hydrogens is 184 g/mol. The fourth-order valence-corrected chi connectivity index (χ4v) is 2.18. The molecule has 0 aliphatic heterocycles. The molecule has 1 aliphatic rings.